The number of hydrogen-bond donors (Lipinski definition) is 0. The Morgan fingerprint density at radius 1 is 0.667 bits per heavy atom. The Bertz CT molecular complexity index is 1580. The van der Waals surface area contributed by atoms with Crippen LogP contribution in [0, 0.1) is 27.7 Å². The predicted octanol–water partition coefficient (Wildman–Crippen LogP) is 3.29. The topological polar surface area (TPSA) is 35.6 Å². The molecule has 4 heterocycles. The fourth-order valence-electron chi connectivity index (χ4n) is 6.14. The van der Waals surface area contributed by atoms with Crippen molar-refractivity contribution in [3.63, 3.8) is 0 Å². The first kappa shape index (κ1) is 19.7. The molecule has 7 rings (SSSR count). The molecule has 5 aromatic rings. The number of hydrogen-bond acceptors (Lipinski definition) is 2. The van der Waals surface area contributed by atoms with E-state index in [-0.39, 0.29) is 6.71 Å². The first-order chi connectivity index (χ1) is 15.7. The van der Waals surface area contributed by atoms with Gasteiger partial charge in [-0.1, -0.05) is 0 Å². The van der Waals surface area contributed by atoms with Crippen molar-refractivity contribution in [1.82, 2.24) is 19.6 Å². The van der Waals surface area contributed by atoms with E-state index in [4.69, 9.17) is 10.2 Å². The Balaban J connectivity index is 1.78. The van der Waals surface area contributed by atoms with Crippen molar-refractivity contribution in [3.05, 3.63) is 58.9 Å². The van der Waals surface area contributed by atoms with Crippen LogP contribution in [0.5, 0.6) is 0 Å². The zero-order valence-corrected chi connectivity index (χ0v) is 22.4. The van der Waals surface area contributed by atoms with Crippen molar-refractivity contribution in [2.24, 2.45) is 0 Å². The first-order valence-corrected chi connectivity index (χ1v) is 19.2. The summed E-state index contributed by atoms with van der Waals surface area (Å²) in [5, 5.41) is 12.4. The van der Waals surface area contributed by atoms with Crippen LogP contribution in [-0.4, -0.2) is 39.5 Å². The number of aryl methyl sites for hydroxylation is 2. The van der Waals surface area contributed by atoms with Crippen LogP contribution < -0.4 is 20.8 Å². The summed E-state index contributed by atoms with van der Waals surface area (Å²) in [6.07, 6.45) is 4.11. The quantitative estimate of drug-likeness (QED) is 0.331. The predicted molar refractivity (Wildman–Crippen MR) is 142 cm³/mol. The molecule has 0 radical (unpaired) electrons. The van der Waals surface area contributed by atoms with E-state index in [2.05, 4.69) is 91.0 Å². The molecule has 2 aliphatic rings. The summed E-state index contributed by atoms with van der Waals surface area (Å²) >= 11 is -2.12. The minimum absolute atomic E-state index is 0.203. The van der Waals surface area contributed by atoms with Crippen LogP contribution in [0.4, 0.5) is 0 Å². The van der Waals surface area contributed by atoms with E-state index >= 15 is 0 Å². The molecule has 6 heteroatoms. The van der Waals surface area contributed by atoms with Crippen molar-refractivity contribution in [3.8, 4) is 11.4 Å². The second kappa shape index (κ2) is 6.01. The van der Waals surface area contributed by atoms with Gasteiger partial charge in [0.25, 0.3) is 0 Å². The van der Waals surface area contributed by atoms with Gasteiger partial charge < -0.3 is 0 Å². The third kappa shape index (κ3) is 2.29. The molecule has 0 aliphatic carbocycles. The average molecular weight is 491 g/mol. The molecule has 0 saturated carbocycles. The van der Waals surface area contributed by atoms with Gasteiger partial charge in [0.2, 0.25) is 0 Å². The molecule has 0 amide bonds. The maximum atomic E-state index is 4.95. The summed E-state index contributed by atoms with van der Waals surface area (Å²) in [4.78, 5) is 0. The monoisotopic (exact) mass is 492 g/mol. The van der Waals surface area contributed by atoms with Crippen molar-refractivity contribution in [2.75, 3.05) is 0 Å². The number of rotatable bonds is 1. The molecule has 0 saturated heterocycles. The van der Waals surface area contributed by atoms with Gasteiger partial charge in [0.1, 0.15) is 0 Å². The van der Waals surface area contributed by atoms with E-state index in [1.54, 1.807) is 0 Å². The molecule has 0 fully saturated rings. The SMILES string of the molecule is Cc1cc2cnn3c2c(c1C)B1c2c-3c[c]([Ge]([CH3])([CH3])[CH3])cc2-n2ncc3cc(C)c(C)c1c32. The van der Waals surface area contributed by atoms with Gasteiger partial charge in [-0.3, -0.25) is 0 Å². The molecule has 0 N–H and O–H groups in total. The summed E-state index contributed by atoms with van der Waals surface area (Å²) in [6, 6.07) is 9.52. The Labute approximate surface area is 197 Å². The molecule has 2 aromatic heterocycles. The van der Waals surface area contributed by atoms with E-state index in [0.717, 1.165) is 0 Å². The Hall–Kier alpha value is -2.79. The van der Waals surface area contributed by atoms with Crippen LogP contribution in [0.25, 0.3) is 33.2 Å². The number of benzene rings is 3. The number of fused-ring (bicyclic) bond motifs is 4. The zero-order chi connectivity index (χ0) is 23.0. The second-order valence-corrected chi connectivity index (χ2v) is 21.7. The van der Waals surface area contributed by atoms with Crippen LogP contribution in [0.3, 0.4) is 0 Å². The minimum atomic E-state index is -2.12. The normalized spacial score (nSPS) is 13.8. The zero-order valence-electron chi connectivity index (χ0n) is 20.3. The molecule has 4 nitrogen and oxygen atoms in total. The fourth-order valence-corrected chi connectivity index (χ4v) is 8.53. The van der Waals surface area contributed by atoms with Gasteiger partial charge in [-0.2, -0.15) is 0 Å². The molecule has 162 valence electrons. The molecule has 0 unspecified atom stereocenters. The van der Waals surface area contributed by atoms with E-state index in [9.17, 15) is 0 Å². The molecular formula is C27H27BGeN4. The molecular weight excluding hydrogens is 464 g/mol. The van der Waals surface area contributed by atoms with Gasteiger partial charge in [-0.05, 0) is 0 Å². The molecule has 0 bridgehead atoms. The third-order valence-electron chi connectivity index (χ3n) is 8.17. The molecule has 0 spiro atoms. The Kier molecular flexibility index (Phi) is 3.58. The van der Waals surface area contributed by atoms with E-state index in [1.807, 2.05) is 0 Å². The van der Waals surface area contributed by atoms with Gasteiger partial charge >= 0.3 is 197 Å². The number of aromatic nitrogens is 4. The van der Waals surface area contributed by atoms with E-state index < -0.39 is 13.3 Å². The standard InChI is InChI=1S/C27H27BGeN4/c1-14-8-18-12-30-32-21-10-20(29(5,6)7)11-22-25(21)28(23(16(14)3)26(18)32)24-17(4)15(2)9-19-13-31-33(22)27(19)24/h8-13H,1-7H3. The molecule has 33 heavy (non-hydrogen) atoms. The van der Waals surface area contributed by atoms with Crippen LogP contribution in [0.2, 0.25) is 17.3 Å². The van der Waals surface area contributed by atoms with Crippen LogP contribution in [0.1, 0.15) is 22.3 Å². The van der Waals surface area contributed by atoms with Crippen LogP contribution in [0.15, 0.2) is 36.7 Å². The molecule has 2 aliphatic heterocycles. The molecule has 3 aromatic carbocycles. The first-order valence-electron chi connectivity index (χ1n) is 11.8. The van der Waals surface area contributed by atoms with Crippen molar-refractivity contribution in [2.45, 2.75) is 45.0 Å². The van der Waals surface area contributed by atoms with Crippen LogP contribution in [-0.2, 0) is 0 Å². The van der Waals surface area contributed by atoms with E-state index in [1.165, 1.54) is 76.2 Å². The van der Waals surface area contributed by atoms with Gasteiger partial charge in [-0.15, -0.1) is 0 Å². The maximum absolute atomic E-state index is 4.95. The third-order valence-corrected chi connectivity index (χ3v) is 12.4. The van der Waals surface area contributed by atoms with Gasteiger partial charge in [0.05, 0.1) is 0 Å². The second-order valence-electron chi connectivity index (χ2n) is 11.1. The summed E-state index contributed by atoms with van der Waals surface area (Å²) < 4.78 is 5.94. The molecule has 0 atom stereocenters. The fraction of sp³-hybridized carbons (Fsp3) is 0.259. The number of nitrogens with zero attached hydrogens (tertiary/aromatic N) is 4. The Morgan fingerprint density at radius 3 is 1.55 bits per heavy atom. The van der Waals surface area contributed by atoms with Crippen molar-refractivity contribution < 1.29 is 0 Å². The average Bonchev–Trinajstić information content (AvgIpc) is 3.37. The van der Waals surface area contributed by atoms with Gasteiger partial charge in [0, 0.05) is 0 Å². The summed E-state index contributed by atoms with van der Waals surface area (Å²) in [5.74, 6) is 7.41. The van der Waals surface area contributed by atoms with Gasteiger partial charge in [-0.25, -0.2) is 0 Å². The summed E-state index contributed by atoms with van der Waals surface area (Å²) in [6.45, 7) is 9.26. The van der Waals surface area contributed by atoms with Crippen LogP contribution >= 0.6 is 0 Å². The van der Waals surface area contributed by atoms with Crippen molar-refractivity contribution >= 4 is 62.6 Å². The van der Waals surface area contributed by atoms with Gasteiger partial charge in [0.15, 0.2) is 0 Å². The summed E-state index contributed by atoms with van der Waals surface area (Å²) in [7, 11) is 0. The van der Waals surface area contributed by atoms with E-state index in [0.29, 0.717) is 0 Å². The van der Waals surface area contributed by atoms with Crippen molar-refractivity contribution in [1.29, 1.82) is 0 Å². The summed E-state index contributed by atoms with van der Waals surface area (Å²) in [5.41, 5.74) is 14.7. The Morgan fingerprint density at radius 2 is 1.12 bits per heavy atom.